The van der Waals surface area contributed by atoms with E-state index < -0.39 is 0 Å². The number of hydrogen-bond acceptors (Lipinski definition) is 3. The highest BCUT2D eigenvalue weighted by molar-refractivity contribution is 6.32. The Labute approximate surface area is 132 Å². The molecule has 1 heterocycles. The molecule has 0 aliphatic rings. The zero-order valence-corrected chi connectivity index (χ0v) is 12.3. The van der Waals surface area contributed by atoms with Crippen molar-refractivity contribution in [2.45, 2.75) is 0 Å². The van der Waals surface area contributed by atoms with Crippen LogP contribution in [0.5, 0.6) is 11.6 Å². The molecule has 3 nitrogen and oxygen atoms in total. The summed E-state index contributed by atoms with van der Waals surface area (Å²) in [7, 11) is 0. The predicted octanol–water partition coefficient (Wildman–Crippen LogP) is 5.24. The van der Waals surface area contributed by atoms with Gasteiger partial charge < -0.3 is 4.74 Å². The number of rotatable bonds is 3. The van der Waals surface area contributed by atoms with Crippen LogP contribution in [-0.4, -0.2) is 9.97 Å². The van der Waals surface area contributed by atoms with Crippen molar-refractivity contribution in [2.75, 3.05) is 0 Å². The third kappa shape index (κ3) is 3.32. The van der Waals surface area contributed by atoms with Gasteiger partial charge in [-0.05, 0) is 23.3 Å². The van der Waals surface area contributed by atoms with Crippen LogP contribution < -0.4 is 4.74 Å². The van der Waals surface area contributed by atoms with Gasteiger partial charge in [0.1, 0.15) is 5.75 Å². The predicted molar refractivity (Wildman–Crippen MR) is 84.0 cm³/mol. The van der Waals surface area contributed by atoms with Crippen LogP contribution in [0.15, 0.2) is 60.9 Å². The molecule has 0 bridgehead atoms. The molecule has 0 amide bonds. The lowest BCUT2D eigenvalue weighted by Crippen LogP contribution is -1.90. The molecule has 0 unspecified atom stereocenters. The van der Waals surface area contributed by atoms with E-state index in [0.717, 1.165) is 11.1 Å². The molecule has 104 valence electrons. The van der Waals surface area contributed by atoms with E-state index >= 15 is 0 Å². The first-order valence-corrected chi connectivity index (χ1v) is 6.98. The topological polar surface area (TPSA) is 35.0 Å². The second-order valence-electron chi connectivity index (χ2n) is 4.29. The van der Waals surface area contributed by atoms with E-state index in [1.165, 1.54) is 12.4 Å². The first-order valence-electron chi connectivity index (χ1n) is 6.23. The molecule has 3 rings (SSSR count). The van der Waals surface area contributed by atoms with Gasteiger partial charge in [0.05, 0.1) is 17.4 Å². The first kappa shape index (κ1) is 13.9. The Morgan fingerprint density at radius 2 is 1.67 bits per heavy atom. The molecular formula is C16H10Cl2N2O. The summed E-state index contributed by atoms with van der Waals surface area (Å²) in [6.07, 6.45) is 2.92. The number of nitrogens with zero attached hydrogens (tertiary/aromatic N) is 2. The molecule has 0 radical (unpaired) electrons. The van der Waals surface area contributed by atoms with E-state index in [0.29, 0.717) is 16.7 Å². The van der Waals surface area contributed by atoms with Crippen LogP contribution in [0.2, 0.25) is 10.2 Å². The summed E-state index contributed by atoms with van der Waals surface area (Å²) in [5, 5.41) is 0.766. The van der Waals surface area contributed by atoms with Crippen molar-refractivity contribution in [2.24, 2.45) is 0 Å². The van der Waals surface area contributed by atoms with E-state index in [1.54, 1.807) is 6.07 Å². The molecule has 0 atom stereocenters. The van der Waals surface area contributed by atoms with Crippen LogP contribution in [0, 0.1) is 0 Å². The number of ether oxygens (including phenoxy) is 1. The normalized spacial score (nSPS) is 10.4. The van der Waals surface area contributed by atoms with Crippen molar-refractivity contribution in [3.05, 3.63) is 71.1 Å². The Kier molecular flexibility index (Phi) is 4.04. The molecule has 0 saturated carbocycles. The maximum Gasteiger partial charge on any atom is 0.239 e. The van der Waals surface area contributed by atoms with E-state index in [4.69, 9.17) is 27.9 Å². The van der Waals surface area contributed by atoms with Crippen LogP contribution >= 0.6 is 23.2 Å². The van der Waals surface area contributed by atoms with Gasteiger partial charge in [0.2, 0.25) is 5.88 Å². The summed E-state index contributed by atoms with van der Waals surface area (Å²) in [4.78, 5) is 7.92. The molecule has 5 heteroatoms. The highest BCUT2D eigenvalue weighted by atomic mass is 35.5. The molecule has 21 heavy (non-hydrogen) atoms. The molecule has 3 aromatic rings. The summed E-state index contributed by atoms with van der Waals surface area (Å²) < 4.78 is 5.59. The van der Waals surface area contributed by atoms with Gasteiger partial charge >= 0.3 is 0 Å². The standard InChI is InChI=1S/C16H10Cl2N2O/c17-13-8-12(11-4-2-1-3-5-11)6-7-14(13)21-16-10-19-9-15(18)20-16/h1-10H. The Balaban J connectivity index is 1.88. The lowest BCUT2D eigenvalue weighted by Gasteiger charge is -2.08. The monoisotopic (exact) mass is 316 g/mol. The molecule has 0 aliphatic carbocycles. The number of aromatic nitrogens is 2. The van der Waals surface area contributed by atoms with Gasteiger partial charge in [0, 0.05) is 0 Å². The summed E-state index contributed by atoms with van der Waals surface area (Å²) in [6.45, 7) is 0. The number of halogens is 2. The molecule has 2 aromatic carbocycles. The van der Waals surface area contributed by atoms with Crippen LogP contribution in [0.3, 0.4) is 0 Å². The zero-order chi connectivity index (χ0) is 14.7. The van der Waals surface area contributed by atoms with Gasteiger partial charge in [-0.1, -0.05) is 59.6 Å². The molecular weight excluding hydrogens is 307 g/mol. The highest BCUT2D eigenvalue weighted by Gasteiger charge is 2.07. The highest BCUT2D eigenvalue weighted by Crippen LogP contribution is 2.32. The van der Waals surface area contributed by atoms with Gasteiger partial charge in [-0.2, -0.15) is 4.98 Å². The molecule has 0 N–H and O–H groups in total. The average molecular weight is 317 g/mol. The fourth-order valence-corrected chi connectivity index (χ4v) is 2.24. The lowest BCUT2D eigenvalue weighted by atomic mass is 10.1. The van der Waals surface area contributed by atoms with Crippen molar-refractivity contribution in [3.8, 4) is 22.8 Å². The fourth-order valence-electron chi connectivity index (χ4n) is 1.88. The second kappa shape index (κ2) is 6.12. The smallest absolute Gasteiger partial charge is 0.239 e. The van der Waals surface area contributed by atoms with Gasteiger partial charge in [-0.3, -0.25) is 4.98 Å². The fraction of sp³-hybridized carbons (Fsp3) is 0. The minimum atomic E-state index is 0.268. The molecule has 0 spiro atoms. The summed E-state index contributed by atoms with van der Waals surface area (Å²) >= 11 is 12.0. The molecule has 1 aromatic heterocycles. The van der Waals surface area contributed by atoms with Gasteiger partial charge in [-0.15, -0.1) is 0 Å². The van der Waals surface area contributed by atoms with E-state index in [1.807, 2.05) is 42.5 Å². The van der Waals surface area contributed by atoms with Crippen molar-refractivity contribution in [3.63, 3.8) is 0 Å². The number of benzene rings is 2. The largest absolute Gasteiger partial charge is 0.436 e. The third-order valence-corrected chi connectivity index (χ3v) is 3.31. The summed E-state index contributed by atoms with van der Waals surface area (Å²) in [5.41, 5.74) is 2.11. The van der Waals surface area contributed by atoms with Crippen molar-refractivity contribution in [1.82, 2.24) is 9.97 Å². The molecule has 0 saturated heterocycles. The minimum Gasteiger partial charge on any atom is -0.436 e. The van der Waals surface area contributed by atoms with Crippen LogP contribution in [-0.2, 0) is 0 Å². The van der Waals surface area contributed by atoms with Crippen molar-refractivity contribution in [1.29, 1.82) is 0 Å². The van der Waals surface area contributed by atoms with Crippen LogP contribution in [0.1, 0.15) is 0 Å². The maximum absolute atomic E-state index is 6.26. The number of hydrogen-bond donors (Lipinski definition) is 0. The molecule has 0 aliphatic heterocycles. The van der Waals surface area contributed by atoms with Crippen molar-refractivity contribution < 1.29 is 4.74 Å². The Morgan fingerprint density at radius 1 is 0.857 bits per heavy atom. The SMILES string of the molecule is Clc1cncc(Oc2ccc(-c3ccccc3)cc2Cl)n1. The lowest BCUT2D eigenvalue weighted by molar-refractivity contribution is 0.460. The molecule has 0 fully saturated rings. The Morgan fingerprint density at radius 3 is 2.38 bits per heavy atom. The van der Waals surface area contributed by atoms with Gasteiger partial charge in [0.15, 0.2) is 5.15 Å². The van der Waals surface area contributed by atoms with E-state index in [2.05, 4.69) is 9.97 Å². The summed E-state index contributed by atoms with van der Waals surface area (Å²) in [5.74, 6) is 0.810. The summed E-state index contributed by atoms with van der Waals surface area (Å²) in [6, 6.07) is 15.6. The first-order chi connectivity index (χ1) is 10.2. The third-order valence-electron chi connectivity index (χ3n) is 2.84. The Hall–Kier alpha value is -2.10. The van der Waals surface area contributed by atoms with Gasteiger partial charge in [0.25, 0.3) is 0 Å². The maximum atomic E-state index is 6.26. The quantitative estimate of drug-likeness (QED) is 0.662. The van der Waals surface area contributed by atoms with Crippen molar-refractivity contribution >= 4 is 23.2 Å². The Bertz CT molecular complexity index is 763. The van der Waals surface area contributed by atoms with E-state index in [9.17, 15) is 0 Å². The van der Waals surface area contributed by atoms with Gasteiger partial charge in [-0.25, -0.2) is 0 Å². The zero-order valence-electron chi connectivity index (χ0n) is 10.8. The van der Waals surface area contributed by atoms with Crippen LogP contribution in [0.25, 0.3) is 11.1 Å². The average Bonchev–Trinajstić information content (AvgIpc) is 2.50. The minimum absolute atomic E-state index is 0.268. The van der Waals surface area contributed by atoms with E-state index in [-0.39, 0.29) is 5.15 Å². The van der Waals surface area contributed by atoms with Crippen LogP contribution in [0.4, 0.5) is 0 Å². The second-order valence-corrected chi connectivity index (χ2v) is 5.09.